The Morgan fingerprint density at radius 1 is 1.40 bits per heavy atom. The van der Waals surface area contributed by atoms with Gasteiger partial charge in [-0.3, -0.25) is 4.79 Å². The van der Waals surface area contributed by atoms with Gasteiger partial charge in [0, 0.05) is 19.6 Å². The number of hydrogen-bond acceptors (Lipinski definition) is 3. The summed E-state index contributed by atoms with van der Waals surface area (Å²) in [5.41, 5.74) is 7.41. The molecule has 1 saturated heterocycles. The maximum absolute atomic E-state index is 12.4. The third-order valence-electron chi connectivity index (χ3n) is 3.80. The minimum Gasteiger partial charge on any atom is -0.397 e. The molecule has 110 valence electrons. The fourth-order valence-corrected chi connectivity index (χ4v) is 2.67. The van der Waals surface area contributed by atoms with Gasteiger partial charge < -0.3 is 15.4 Å². The molecule has 0 aromatic heterocycles. The average Bonchev–Trinajstić information content (AvgIpc) is 2.49. The van der Waals surface area contributed by atoms with Crippen LogP contribution in [0.2, 0.25) is 0 Å². The first kappa shape index (κ1) is 14.9. The number of carbonyl (C=O) groups is 1. The topological polar surface area (TPSA) is 55.6 Å². The quantitative estimate of drug-likeness (QED) is 0.841. The van der Waals surface area contributed by atoms with E-state index in [9.17, 15) is 4.79 Å². The van der Waals surface area contributed by atoms with Gasteiger partial charge in [-0.25, -0.2) is 0 Å². The summed E-state index contributed by atoms with van der Waals surface area (Å²) in [6, 6.07) is 7.52. The van der Waals surface area contributed by atoms with E-state index in [2.05, 4.69) is 0 Å². The van der Waals surface area contributed by atoms with Gasteiger partial charge in [-0.15, -0.1) is 0 Å². The predicted octanol–water partition coefficient (Wildman–Crippen LogP) is 2.97. The first-order chi connectivity index (χ1) is 9.72. The molecule has 1 atom stereocenters. The van der Waals surface area contributed by atoms with Gasteiger partial charge >= 0.3 is 0 Å². The Kier molecular flexibility index (Phi) is 5.41. The molecular weight excluding hydrogens is 252 g/mol. The summed E-state index contributed by atoms with van der Waals surface area (Å²) < 4.78 is 5.68. The second kappa shape index (κ2) is 7.29. The summed E-state index contributed by atoms with van der Waals surface area (Å²) in [5, 5.41) is 0. The summed E-state index contributed by atoms with van der Waals surface area (Å²) in [4.78, 5) is 14.1. The highest BCUT2D eigenvalue weighted by molar-refractivity contribution is 5.96. The maximum Gasteiger partial charge on any atom is 0.227 e. The van der Waals surface area contributed by atoms with Crippen molar-refractivity contribution in [1.29, 1.82) is 0 Å². The van der Waals surface area contributed by atoms with Crippen molar-refractivity contribution in [2.24, 2.45) is 0 Å². The largest absolute Gasteiger partial charge is 0.397 e. The second-order valence-corrected chi connectivity index (χ2v) is 5.22. The zero-order valence-corrected chi connectivity index (χ0v) is 12.2. The SMILES string of the molecule is CCN(C(=O)CCC1CCCCO1)c1ccccc1N. The number of anilines is 2. The molecule has 1 aliphatic rings. The lowest BCUT2D eigenvalue weighted by molar-refractivity contribution is -0.119. The molecule has 20 heavy (non-hydrogen) atoms. The average molecular weight is 276 g/mol. The minimum atomic E-state index is 0.125. The van der Waals surface area contributed by atoms with Crippen molar-refractivity contribution in [3.8, 4) is 0 Å². The minimum absolute atomic E-state index is 0.125. The Labute approximate surface area is 120 Å². The van der Waals surface area contributed by atoms with Crippen LogP contribution in [0.15, 0.2) is 24.3 Å². The number of nitrogens with zero attached hydrogens (tertiary/aromatic N) is 1. The van der Waals surface area contributed by atoms with Crippen LogP contribution in [0.3, 0.4) is 0 Å². The highest BCUT2D eigenvalue weighted by atomic mass is 16.5. The van der Waals surface area contributed by atoms with Crippen LogP contribution in [0, 0.1) is 0 Å². The van der Waals surface area contributed by atoms with E-state index in [1.54, 1.807) is 4.90 Å². The lowest BCUT2D eigenvalue weighted by Gasteiger charge is -2.25. The third kappa shape index (κ3) is 3.73. The summed E-state index contributed by atoms with van der Waals surface area (Å²) in [7, 11) is 0. The van der Waals surface area contributed by atoms with Gasteiger partial charge in [0.25, 0.3) is 0 Å². The number of amides is 1. The molecule has 1 aromatic carbocycles. The lowest BCUT2D eigenvalue weighted by atomic mass is 10.0. The zero-order chi connectivity index (χ0) is 14.4. The number of para-hydroxylation sites is 2. The molecule has 4 heteroatoms. The van der Waals surface area contributed by atoms with E-state index in [0.717, 1.165) is 31.6 Å². The summed E-state index contributed by atoms with van der Waals surface area (Å²) in [6.07, 6.45) is 5.01. The van der Waals surface area contributed by atoms with E-state index >= 15 is 0 Å². The number of hydrogen-bond donors (Lipinski definition) is 1. The Hall–Kier alpha value is -1.55. The molecule has 0 bridgehead atoms. The molecule has 0 radical (unpaired) electrons. The Balaban J connectivity index is 1.93. The number of benzene rings is 1. The fourth-order valence-electron chi connectivity index (χ4n) is 2.67. The molecular formula is C16H24N2O2. The molecule has 1 heterocycles. The Morgan fingerprint density at radius 3 is 2.85 bits per heavy atom. The second-order valence-electron chi connectivity index (χ2n) is 5.22. The van der Waals surface area contributed by atoms with Crippen LogP contribution in [-0.4, -0.2) is 25.2 Å². The molecule has 1 amide bonds. The van der Waals surface area contributed by atoms with Crippen LogP contribution in [0.1, 0.15) is 39.0 Å². The van der Waals surface area contributed by atoms with E-state index < -0.39 is 0 Å². The smallest absolute Gasteiger partial charge is 0.227 e. The fraction of sp³-hybridized carbons (Fsp3) is 0.562. The van der Waals surface area contributed by atoms with Crippen molar-refractivity contribution in [3.05, 3.63) is 24.3 Å². The Morgan fingerprint density at radius 2 is 2.20 bits per heavy atom. The highest BCUT2D eigenvalue weighted by Crippen LogP contribution is 2.24. The number of rotatable bonds is 5. The van der Waals surface area contributed by atoms with Crippen molar-refractivity contribution in [3.63, 3.8) is 0 Å². The van der Waals surface area contributed by atoms with Crippen molar-refractivity contribution in [1.82, 2.24) is 0 Å². The molecule has 4 nitrogen and oxygen atoms in total. The van der Waals surface area contributed by atoms with E-state index in [1.165, 1.54) is 6.42 Å². The van der Waals surface area contributed by atoms with Crippen LogP contribution >= 0.6 is 0 Å². The van der Waals surface area contributed by atoms with Crippen molar-refractivity contribution in [2.75, 3.05) is 23.8 Å². The van der Waals surface area contributed by atoms with Crippen LogP contribution in [0.4, 0.5) is 11.4 Å². The van der Waals surface area contributed by atoms with Gasteiger partial charge in [0.2, 0.25) is 5.91 Å². The molecule has 1 fully saturated rings. The van der Waals surface area contributed by atoms with Crippen LogP contribution in [0.5, 0.6) is 0 Å². The third-order valence-corrected chi connectivity index (χ3v) is 3.80. The molecule has 0 aliphatic carbocycles. The Bertz CT molecular complexity index is 442. The van der Waals surface area contributed by atoms with Gasteiger partial charge in [-0.2, -0.15) is 0 Å². The zero-order valence-electron chi connectivity index (χ0n) is 12.2. The van der Waals surface area contributed by atoms with E-state index in [1.807, 2.05) is 31.2 Å². The molecule has 0 saturated carbocycles. The number of carbonyl (C=O) groups excluding carboxylic acids is 1. The van der Waals surface area contributed by atoms with Crippen LogP contribution in [-0.2, 0) is 9.53 Å². The molecule has 2 N–H and O–H groups in total. The summed E-state index contributed by atoms with van der Waals surface area (Å²) in [5.74, 6) is 0.125. The van der Waals surface area contributed by atoms with Gasteiger partial charge in [0.05, 0.1) is 17.5 Å². The summed E-state index contributed by atoms with van der Waals surface area (Å²) >= 11 is 0. The van der Waals surface area contributed by atoms with Crippen molar-refractivity contribution in [2.45, 2.75) is 45.1 Å². The maximum atomic E-state index is 12.4. The lowest BCUT2D eigenvalue weighted by Crippen LogP contribution is -2.32. The van der Waals surface area contributed by atoms with E-state index in [-0.39, 0.29) is 12.0 Å². The van der Waals surface area contributed by atoms with Gasteiger partial charge in [-0.1, -0.05) is 12.1 Å². The molecule has 1 aliphatic heterocycles. The number of nitrogen functional groups attached to an aromatic ring is 1. The van der Waals surface area contributed by atoms with E-state index in [0.29, 0.717) is 18.7 Å². The number of nitrogens with two attached hydrogens (primary N) is 1. The monoisotopic (exact) mass is 276 g/mol. The van der Waals surface area contributed by atoms with Gasteiger partial charge in [-0.05, 0) is 44.7 Å². The first-order valence-corrected chi connectivity index (χ1v) is 7.49. The van der Waals surface area contributed by atoms with E-state index in [4.69, 9.17) is 10.5 Å². The van der Waals surface area contributed by atoms with Crippen LogP contribution < -0.4 is 10.6 Å². The summed E-state index contributed by atoms with van der Waals surface area (Å²) in [6.45, 7) is 3.45. The molecule has 2 rings (SSSR count). The predicted molar refractivity (Wildman–Crippen MR) is 81.7 cm³/mol. The van der Waals surface area contributed by atoms with Crippen molar-refractivity contribution >= 4 is 17.3 Å². The van der Waals surface area contributed by atoms with Gasteiger partial charge in [0.1, 0.15) is 0 Å². The number of ether oxygens (including phenoxy) is 1. The highest BCUT2D eigenvalue weighted by Gasteiger charge is 2.19. The van der Waals surface area contributed by atoms with Crippen LogP contribution in [0.25, 0.3) is 0 Å². The molecule has 1 aromatic rings. The van der Waals surface area contributed by atoms with Gasteiger partial charge in [0.15, 0.2) is 0 Å². The van der Waals surface area contributed by atoms with Crippen molar-refractivity contribution < 1.29 is 9.53 Å². The normalized spacial score (nSPS) is 18.8. The first-order valence-electron chi connectivity index (χ1n) is 7.49. The standard InChI is InChI=1S/C16H24N2O2/c1-2-18(15-9-4-3-8-14(15)17)16(19)11-10-13-7-5-6-12-20-13/h3-4,8-9,13H,2,5-7,10-12,17H2,1H3. The molecule has 0 spiro atoms. The molecule has 1 unspecified atom stereocenters.